The Morgan fingerprint density at radius 1 is 1.22 bits per heavy atom. The number of nitrogens with zero attached hydrogens (tertiary/aromatic N) is 3. The zero-order chi connectivity index (χ0) is 11.9. The van der Waals surface area contributed by atoms with Crippen molar-refractivity contribution < 1.29 is 0 Å². The molecule has 2 N–H and O–H groups in total. The second kappa shape index (κ2) is 3.68. The molecule has 90 valence electrons. The van der Waals surface area contributed by atoms with Crippen molar-refractivity contribution in [3.8, 4) is 5.82 Å². The molecule has 3 heterocycles. The lowest BCUT2D eigenvalue weighted by molar-refractivity contribution is 0.619. The van der Waals surface area contributed by atoms with Crippen LogP contribution in [0.15, 0.2) is 30.6 Å². The molecule has 3 aromatic rings. The number of imidazole rings is 1. The number of para-hydroxylation sites is 1. The molecule has 1 aliphatic heterocycles. The maximum atomic E-state index is 4.47. The lowest BCUT2D eigenvalue weighted by Gasteiger charge is -2.13. The van der Waals surface area contributed by atoms with Crippen LogP contribution in [0.4, 0.5) is 0 Å². The van der Waals surface area contributed by atoms with Crippen LogP contribution in [0.2, 0.25) is 0 Å². The van der Waals surface area contributed by atoms with Crippen molar-refractivity contribution in [3.05, 3.63) is 42.0 Å². The topological polar surface area (TPSA) is 58.5 Å². The van der Waals surface area contributed by atoms with E-state index in [1.165, 1.54) is 5.69 Å². The summed E-state index contributed by atoms with van der Waals surface area (Å²) in [4.78, 5) is 4.47. The predicted octanol–water partition coefficient (Wildman–Crippen LogP) is 1.39. The predicted molar refractivity (Wildman–Crippen MR) is 68.6 cm³/mol. The van der Waals surface area contributed by atoms with Crippen molar-refractivity contribution in [1.29, 1.82) is 0 Å². The summed E-state index contributed by atoms with van der Waals surface area (Å²) in [5, 5.41) is 12.0. The second-order valence-corrected chi connectivity index (χ2v) is 4.53. The van der Waals surface area contributed by atoms with E-state index >= 15 is 0 Å². The Kier molecular flexibility index (Phi) is 2.01. The van der Waals surface area contributed by atoms with Gasteiger partial charge in [-0.2, -0.15) is 5.10 Å². The van der Waals surface area contributed by atoms with Gasteiger partial charge < -0.3 is 5.32 Å². The molecule has 2 aromatic heterocycles. The first kappa shape index (κ1) is 9.85. The fourth-order valence-corrected chi connectivity index (χ4v) is 2.55. The number of aromatic amines is 1. The van der Waals surface area contributed by atoms with Crippen LogP contribution in [0.1, 0.15) is 11.4 Å². The number of fused-ring (bicyclic) bond motifs is 2. The molecule has 0 saturated heterocycles. The molecule has 0 bridgehead atoms. The van der Waals surface area contributed by atoms with Gasteiger partial charge in [-0.15, -0.1) is 0 Å². The average Bonchev–Trinajstić information content (AvgIpc) is 3.01. The first-order valence-electron chi connectivity index (χ1n) is 6.13. The zero-order valence-corrected chi connectivity index (χ0v) is 9.85. The first-order valence-corrected chi connectivity index (χ1v) is 6.13. The van der Waals surface area contributed by atoms with E-state index in [0.717, 1.165) is 41.9 Å². The number of rotatable bonds is 1. The third-order valence-corrected chi connectivity index (χ3v) is 3.46. The molecule has 0 atom stereocenters. The lowest BCUT2D eigenvalue weighted by atomic mass is 10.2. The van der Waals surface area contributed by atoms with E-state index in [1.54, 1.807) is 0 Å². The summed E-state index contributed by atoms with van der Waals surface area (Å²) in [6.45, 7) is 1.85. The van der Waals surface area contributed by atoms with E-state index in [2.05, 4.69) is 31.1 Å². The van der Waals surface area contributed by atoms with Gasteiger partial charge in [-0.05, 0) is 12.1 Å². The molecule has 1 aliphatic rings. The third kappa shape index (κ3) is 1.31. The molecular formula is C13H13N5. The smallest absolute Gasteiger partial charge is 0.167 e. The molecule has 0 amide bonds. The molecule has 0 aliphatic carbocycles. The number of aromatic nitrogens is 4. The summed E-state index contributed by atoms with van der Waals surface area (Å²) in [6.07, 6.45) is 2.87. The van der Waals surface area contributed by atoms with Crippen LogP contribution in [0, 0.1) is 0 Å². The molecule has 18 heavy (non-hydrogen) atoms. The van der Waals surface area contributed by atoms with Crippen LogP contribution >= 0.6 is 0 Å². The average molecular weight is 239 g/mol. The minimum absolute atomic E-state index is 0.852. The quantitative estimate of drug-likeness (QED) is 0.674. The van der Waals surface area contributed by atoms with Gasteiger partial charge >= 0.3 is 0 Å². The molecule has 4 rings (SSSR count). The molecule has 0 radical (unpaired) electrons. The molecule has 0 spiro atoms. The van der Waals surface area contributed by atoms with Gasteiger partial charge in [-0.25, -0.2) is 4.98 Å². The monoisotopic (exact) mass is 239 g/mol. The van der Waals surface area contributed by atoms with Crippen LogP contribution < -0.4 is 5.32 Å². The van der Waals surface area contributed by atoms with Crippen molar-refractivity contribution in [2.24, 2.45) is 0 Å². The Balaban J connectivity index is 1.95. The van der Waals surface area contributed by atoms with Crippen LogP contribution in [-0.4, -0.2) is 26.3 Å². The minimum atomic E-state index is 0.852. The fraction of sp³-hybridized carbons (Fsp3) is 0.231. The number of hydrogen-bond donors (Lipinski definition) is 2. The lowest BCUT2D eigenvalue weighted by Crippen LogP contribution is -2.24. The molecule has 5 heteroatoms. The van der Waals surface area contributed by atoms with E-state index in [0.29, 0.717) is 0 Å². The largest absolute Gasteiger partial charge is 0.311 e. The molecule has 1 aromatic carbocycles. The maximum Gasteiger partial charge on any atom is 0.167 e. The van der Waals surface area contributed by atoms with Crippen molar-refractivity contribution in [1.82, 2.24) is 25.1 Å². The number of H-pyrrole nitrogens is 1. The Morgan fingerprint density at radius 3 is 3.17 bits per heavy atom. The van der Waals surface area contributed by atoms with E-state index < -0.39 is 0 Å². The molecule has 5 nitrogen and oxygen atoms in total. The first-order chi connectivity index (χ1) is 8.93. The van der Waals surface area contributed by atoms with Crippen molar-refractivity contribution in [2.45, 2.75) is 13.0 Å². The van der Waals surface area contributed by atoms with Crippen molar-refractivity contribution in [3.63, 3.8) is 0 Å². The Hall–Kier alpha value is -2.14. The van der Waals surface area contributed by atoms with Crippen molar-refractivity contribution in [2.75, 3.05) is 6.54 Å². The van der Waals surface area contributed by atoms with Gasteiger partial charge in [0.1, 0.15) is 6.33 Å². The Bertz CT molecular complexity index is 709. The van der Waals surface area contributed by atoms with Crippen LogP contribution in [0.3, 0.4) is 0 Å². The highest BCUT2D eigenvalue weighted by Crippen LogP contribution is 2.23. The summed E-state index contributed by atoms with van der Waals surface area (Å²) in [5.41, 5.74) is 3.46. The summed E-state index contributed by atoms with van der Waals surface area (Å²) in [5.74, 6) is 0.946. The van der Waals surface area contributed by atoms with E-state index in [-0.39, 0.29) is 0 Å². The van der Waals surface area contributed by atoms with E-state index in [1.807, 2.05) is 24.5 Å². The summed E-state index contributed by atoms with van der Waals surface area (Å²) in [7, 11) is 0. The van der Waals surface area contributed by atoms with Gasteiger partial charge in [0.25, 0.3) is 0 Å². The van der Waals surface area contributed by atoms with Crippen molar-refractivity contribution >= 4 is 10.9 Å². The standard InChI is InChI=1S/C13H13N5/c1-2-4-10-9(3-1)13(17-16-10)18-8-15-11-7-14-6-5-12(11)18/h1-4,8,14H,5-7H2,(H,16,17). The summed E-state index contributed by atoms with van der Waals surface area (Å²) in [6, 6.07) is 8.17. The number of nitrogens with one attached hydrogen (secondary N) is 2. The molecular weight excluding hydrogens is 226 g/mol. The Morgan fingerprint density at radius 2 is 2.17 bits per heavy atom. The highest BCUT2D eigenvalue weighted by molar-refractivity contribution is 5.85. The second-order valence-electron chi connectivity index (χ2n) is 4.53. The molecule has 0 saturated carbocycles. The zero-order valence-electron chi connectivity index (χ0n) is 9.85. The normalized spacial score (nSPS) is 14.9. The Labute approximate surface area is 104 Å². The van der Waals surface area contributed by atoms with E-state index in [9.17, 15) is 0 Å². The highest BCUT2D eigenvalue weighted by atomic mass is 15.2. The van der Waals surface area contributed by atoms with Gasteiger partial charge in [0.05, 0.1) is 11.2 Å². The van der Waals surface area contributed by atoms with Gasteiger partial charge in [0, 0.05) is 30.6 Å². The number of hydrogen-bond acceptors (Lipinski definition) is 3. The van der Waals surface area contributed by atoms with Gasteiger partial charge in [-0.1, -0.05) is 12.1 Å². The van der Waals surface area contributed by atoms with E-state index in [4.69, 9.17) is 0 Å². The van der Waals surface area contributed by atoms with Crippen LogP contribution in [0.5, 0.6) is 0 Å². The maximum absolute atomic E-state index is 4.47. The highest BCUT2D eigenvalue weighted by Gasteiger charge is 2.18. The minimum Gasteiger partial charge on any atom is -0.311 e. The van der Waals surface area contributed by atoms with Gasteiger partial charge in [0.15, 0.2) is 5.82 Å². The third-order valence-electron chi connectivity index (χ3n) is 3.46. The summed E-state index contributed by atoms with van der Waals surface area (Å²) >= 11 is 0. The summed E-state index contributed by atoms with van der Waals surface area (Å²) < 4.78 is 2.11. The number of benzene rings is 1. The van der Waals surface area contributed by atoms with Crippen LogP contribution in [-0.2, 0) is 13.0 Å². The van der Waals surface area contributed by atoms with Gasteiger partial charge in [-0.3, -0.25) is 9.67 Å². The molecule has 0 fully saturated rings. The fourth-order valence-electron chi connectivity index (χ4n) is 2.55. The molecule has 0 unspecified atom stereocenters. The van der Waals surface area contributed by atoms with Gasteiger partial charge in [0.2, 0.25) is 0 Å². The van der Waals surface area contributed by atoms with Crippen LogP contribution in [0.25, 0.3) is 16.7 Å². The SMILES string of the molecule is c1ccc2c(-n3cnc4c3CCNC4)n[nH]c2c1.